The minimum Gasteiger partial charge on any atom is -0.398 e. The molecule has 0 radical (unpaired) electrons. The van der Waals surface area contributed by atoms with E-state index in [0.717, 1.165) is 18.4 Å². The highest BCUT2D eigenvalue weighted by molar-refractivity contribution is 5.98. The number of anilines is 1. The summed E-state index contributed by atoms with van der Waals surface area (Å²) >= 11 is 0. The predicted octanol–water partition coefficient (Wildman–Crippen LogP) is 1.06. The van der Waals surface area contributed by atoms with E-state index in [-0.39, 0.29) is 5.91 Å². The third-order valence-electron chi connectivity index (χ3n) is 3.62. The van der Waals surface area contributed by atoms with Gasteiger partial charge in [-0.3, -0.25) is 9.59 Å². The van der Waals surface area contributed by atoms with Crippen molar-refractivity contribution in [3.63, 3.8) is 0 Å². The molecular formula is C14H19N3O2. The van der Waals surface area contributed by atoms with Crippen LogP contribution in [0.2, 0.25) is 0 Å². The highest BCUT2D eigenvalue weighted by Crippen LogP contribution is 2.21. The second-order valence-corrected chi connectivity index (χ2v) is 4.98. The van der Waals surface area contributed by atoms with Crippen LogP contribution in [0.15, 0.2) is 18.2 Å². The molecule has 1 aliphatic heterocycles. The highest BCUT2D eigenvalue weighted by atomic mass is 16.2. The largest absolute Gasteiger partial charge is 0.398 e. The Morgan fingerprint density at radius 1 is 1.32 bits per heavy atom. The van der Waals surface area contributed by atoms with Gasteiger partial charge in [0.25, 0.3) is 5.91 Å². The molecule has 0 aromatic heterocycles. The molecule has 1 fully saturated rings. The third-order valence-corrected chi connectivity index (χ3v) is 3.62. The second-order valence-electron chi connectivity index (χ2n) is 4.98. The van der Waals surface area contributed by atoms with Crippen molar-refractivity contribution in [3.05, 3.63) is 29.3 Å². The van der Waals surface area contributed by atoms with Crippen LogP contribution in [-0.4, -0.2) is 29.3 Å². The molecule has 0 bridgehead atoms. The van der Waals surface area contributed by atoms with Gasteiger partial charge in [0.1, 0.15) is 6.04 Å². The fourth-order valence-corrected chi connectivity index (χ4v) is 2.41. The molecule has 1 aliphatic rings. The third kappa shape index (κ3) is 2.70. The lowest BCUT2D eigenvalue weighted by Gasteiger charge is -2.33. The first kappa shape index (κ1) is 13.4. The summed E-state index contributed by atoms with van der Waals surface area (Å²) in [6.45, 7) is 2.46. The molecule has 5 heteroatoms. The van der Waals surface area contributed by atoms with E-state index in [1.807, 2.05) is 13.0 Å². The molecule has 2 rings (SSSR count). The van der Waals surface area contributed by atoms with Crippen LogP contribution in [0, 0.1) is 6.92 Å². The molecule has 1 saturated heterocycles. The van der Waals surface area contributed by atoms with E-state index in [0.29, 0.717) is 24.2 Å². The summed E-state index contributed by atoms with van der Waals surface area (Å²) < 4.78 is 0. The van der Waals surface area contributed by atoms with Crippen molar-refractivity contribution < 1.29 is 9.59 Å². The number of rotatable bonds is 2. The zero-order valence-electron chi connectivity index (χ0n) is 11.1. The van der Waals surface area contributed by atoms with Gasteiger partial charge in [0.2, 0.25) is 5.91 Å². The Morgan fingerprint density at radius 3 is 2.68 bits per heavy atom. The molecule has 2 amide bonds. The number of amides is 2. The molecule has 5 nitrogen and oxygen atoms in total. The summed E-state index contributed by atoms with van der Waals surface area (Å²) in [5, 5.41) is 0. The van der Waals surface area contributed by atoms with Gasteiger partial charge in [0.05, 0.1) is 0 Å². The SMILES string of the molecule is Cc1ccc(C(=O)N2CCCCC2C(N)=O)cc1N. The molecule has 1 heterocycles. The summed E-state index contributed by atoms with van der Waals surface area (Å²) in [6, 6.07) is 4.71. The lowest BCUT2D eigenvalue weighted by atomic mass is 10.00. The zero-order chi connectivity index (χ0) is 14.0. The number of nitrogens with two attached hydrogens (primary N) is 2. The van der Waals surface area contributed by atoms with Crippen LogP contribution >= 0.6 is 0 Å². The number of carbonyl (C=O) groups is 2. The summed E-state index contributed by atoms with van der Waals surface area (Å²) in [4.78, 5) is 25.4. The molecule has 1 aromatic rings. The van der Waals surface area contributed by atoms with Crippen molar-refractivity contribution >= 4 is 17.5 Å². The average Bonchev–Trinajstić information content (AvgIpc) is 2.41. The van der Waals surface area contributed by atoms with E-state index in [2.05, 4.69) is 0 Å². The van der Waals surface area contributed by atoms with E-state index in [9.17, 15) is 9.59 Å². The van der Waals surface area contributed by atoms with Gasteiger partial charge >= 0.3 is 0 Å². The van der Waals surface area contributed by atoms with Crippen molar-refractivity contribution in [2.45, 2.75) is 32.2 Å². The second kappa shape index (κ2) is 5.30. The van der Waals surface area contributed by atoms with Crippen LogP contribution < -0.4 is 11.5 Å². The Morgan fingerprint density at radius 2 is 2.05 bits per heavy atom. The summed E-state index contributed by atoms with van der Waals surface area (Å²) in [6.07, 6.45) is 2.46. The maximum Gasteiger partial charge on any atom is 0.254 e. The maximum absolute atomic E-state index is 12.4. The van der Waals surface area contributed by atoms with Crippen molar-refractivity contribution in [2.24, 2.45) is 5.73 Å². The number of piperidine rings is 1. The molecule has 1 aromatic carbocycles. The smallest absolute Gasteiger partial charge is 0.254 e. The fraction of sp³-hybridized carbons (Fsp3) is 0.429. The van der Waals surface area contributed by atoms with Crippen LogP contribution in [-0.2, 0) is 4.79 Å². The van der Waals surface area contributed by atoms with Gasteiger partial charge in [-0.1, -0.05) is 6.07 Å². The number of likely N-dealkylation sites (tertiary alicyclic amines) is 1. The molecule has 102 valence electrons. The van der Waals surface area contributed by atoms with Gasteiger partial charge in [-0.05, 0) is 43.9 Å². The number of hydrogen-bond acceptors (Lipinski definition) is 3. The molecule has 1 atom stereocenters. The number of hydrogen-bond donors (Lipinski definition) is 2. The minimum atomic E-state index is -0.497. The van der Waals surface area contributed by atoms with E-state index >= 15 is 0 Å². The lowest BCUT2D eigenvalue weighted by Crippen LogP contribution is -2.50. The van der Waals surface area contributed by atoms with Gasteiger partial charge in [-0.25, -0.2) is 0 Å². The van der Waals surface area contributed by atoms with E-state index in [4.69, 9.17) is 11.5 Å². The van der Waals surface area contributed by atoms with E-state index in [1.165, 1.54) is 0 Å². The molecule has 0 spiro atoms. The first-order valence-corrected chi connectivity index (χ1v) is 6.47. The number of benzene rings is 1. The van der Waals surface area contributed by atoms with Gasteiger partial charge in [-0.15, -0.1) is 0 Å². The van der Waals surface area contributed by atoms with Crippen molar-refractivity contribution in [3.8, 4) is 0 Å². The summed E-state index contributed by atoms with van der Waals surface area (Å²) in [5.74, 6) is -0.608. The number of nitrogens with zero attached hydrogens (tertiary/aromatic N) is 1. The standard InChI is InChI=1S/C14H19N3O2/c1-9-5-6-10(8-11(9)15)14(19)17-7-3-2-4-12(17)13(16)18/h5-6,8,12H,2-4,7,15H2,1H3,(H2,16,18). The molecule has 4 N–H and O–H groups in total. The number of nitrogen functional groups attached to an aromatic ring is 1. The highest BCUT2D eigenvalue weighted by Gasteiger charge is 2.31. The molecule has 1 unspecified atom stereocenters. The van der Waals surface area contributed by atoms with Crippen LogP contribution in [0.1, 0.15) is 35.2 Å². The first-order valence-electron chi connectivity index (χ1n) is 6.47. The normalized spacial score (nSPS) is 19.2. The molecule has 0 saturated carbocycles. The number of primary amides is 1. The Kier molecular flexibility index (Phi) is 3.74. The molecule has 0 aliphatic carbocycles. The van der Waals surface area contributed by atoms with Gasteiger partial charge < -0.3 is 16.4 Å². The molecule has 19 heavy (non-hydrogen) atoms. The van der Waals surface area contributed by atoms with Crippen molar-refractivity contribution in [1.29, 1.82) is 0 Å². The van der Waals surface area contributed by atoms with Crippen LogP contribution in [0.4, 0.5) is 5.69 Å². The maximum atomic E-state index is 12.4. The Hall–Kier alpha value is -2.04. The van der Waals surface area contributed by atoms with Crippen LogP contribution in [0.25, 0.3) is 0 Å². The monoisotopic (exact) mass is 261 g/mol. The lowest BCUT2D eigenvalue weighted by molar-refractivity contribution is -0.123. The van der Waals surface area contributed by atoms with Gasteiger partial charge in [0.15, 0.2) is 0 Å². The number of carbonyl (C=O) groups excluding carboxylic acids is 2. The van der Waals surface area contributed by atoms with E-state index < -0.39 is 11.9 Å². The van der Waals surface area contributed by atoms with Gasteiger partial charge in [-0.2, -0.15) is 0 Å². The summed E-state index contributed by atoms with van der Waals surface area (Å²) in [5.41, 5.74) is 13.2. The Labute approximate surface area is 112 Å². The molecular weight excluding hydrogens is 242 g/mol. The fourth-order valence-electron chi connectivity index (χ4n) is 2.41. The Bertz CT molecular complexity index is 513. The van der Waals surface area contributed by atoms with Crippen molar-refractivity contribution in [1.82, 2.24) is 4.90 Å². The van der Waals surface area contributed by atoms with Crippen LogP contribution in [0.5, 0.6) is 0 Å². The summed E-state index contributed by atoms with van der Waals surface area (Å²) in [7, 11) is 0. The topological polar surface area (TPSA) is 89.4 Å². The number of aryl methyl sites for hydroxylation is 1. The average molecular weight is 261 g/mol. The van der Waals surface area contributed by atoms with Crippen molar-refractivity contribution in [2.75, 3.05) is 12.3 Å². The predicted molar refractivity (Wildman–Crippen MR) is 73.5 cm³/mol. The van der Waals surface area contributed by atoms with E-state index in [1.54, 1.807) is 17.0 Å². The quantitative estimate of drug-likeness (QED) is 0.780. The van der Waals surface area contributed by atoms with Gasteiger partial charge in [0, 0.05) is 17.8 Å². The zero-order valence-corrected chi connectivity index (χ0v) is 11.1. The first-order chi connectivity index (χ1) is 9.00. The minimum absolute atomic E-state index is 0.171. The Balaban J connectivity index is 2.26. The van der Waals surface area contributed by atoms with Crippen LogP contribution in [0.3, 0.4) is 0 Å².